The molecule has 1 fully saturated rings. The number of hydrogen-bond acceptors (Lipinski definition) is 2. The number of hydrogen-bond donors (Lipinski definition) is 1. The Labute approximate surface area is 88.9 Å². The van der Waals surface area contributed by atoms with Gasteiger partial charge in [-0.3, -0.25) is 9.48 Å². The van der Waals surface area contributed by atoms with Crippen LogP contribution in [0, 0.1) is 12.8 Å². The molecule has 82 valence electrons. The quantitative estimate of drug-likeness (QED) is 0.826. The molecule has 0 radical (unpaired) electrons. The number of aromatic nitrogens is 2. The molecule has 1 aromatic heterocycles. The minimum atomic E-state index is -0.698. The van der Waals surface area contributed by atoms with Gasteiger partial charge in [0.15, 0.2) is 0 Å². The summed E-state index contributed by atoms with van der Waals surface area (Å²) in [6.45, 7) is 2.00. The van der Waals surface area contributed by atoms with Gasteiger partial charge in [-0.2, -0.15) is 5.10 Å². The third kappa shape index (κ3) is 2.19. The van der Waals surface area contributed by atoms with E-state index in [1.165, 1.54) is 0 Å². The second-order valence-electron chi connectivity index (χ2n) is 4.35. The lowest BCUT2D eigenvalue weighted by Gasteiger charge is -2.18. The molecule has 0 amide bonds. The van der Waals surface area contributed by atoms with Gasteiger partial charge in [-0.25, -0.2) is 0 Å². The van der Waals surface area contributed by atoms with Crippen LogP contribution in [0.25, 0.3) is 0 Å². The second-order valence-corrected chi connectivity index (χ2v) is 4.35. The van der Waals surface area contributed by atoms with Crippen LogP contribution in [0.3, 0.4) is 0 Å². The van der Waals surface area contributed by atoms with Crippen LogP contribution in [0.1, 0.15) is 37.3 Å². The van der Waals surface area contributed by atoms with Gasteiger partial charge in [0.05, 0.1) is 18.7 Å². The molecule has 2 atom stereocenters. The van der Waals surface area contributed by atoms with Crippen LogP contribution in [0.5, 0.6) is 0 Å². The molecule has 1 saturated carbocycles. The lowest BCUT2D eigenvalue weighted by Crippen LogP contribution is -2.17. The fourth-order valence-electron chi connectivity index (χ4n) is 2.44. The summed E-state index contributed by atoms with van der Waals surface area (Å²) in [6.07, 6.45) is 7.28. The first kappa shape index (κ1) is 10.2. The molecule has 0 bridgehead atoms. The Morgan fingerprint density at radius 2 is 2.47 bits per heavy atom. The molecule has 1 N–H and O–H groups in total. The van der Waals surface area contributed by atoms with E-state index in [2.05, 4.69) is 5.10 Å². The molecule has 2 unspecified atom stereocenters. The summed E-state index contributed by atoms with van der Waals surface area (Å²) in [5.41, 5.74) is 1.14. The van der Waals surface area contributed by atoms with Crippen LogP contribution in [-0.4, -0.2) is 20.9 Å². The predicted octanol–water partition coefficient (Wildman–Crippen LogP) is 2.01. The highest BCUT2D eigenvalue weighted by Crippen LogP contribution is 2.37. The molecule has 4 nitrogen and oxygen atoms in total. The molecular formula is C11H16N2O2. The lowest BCUT2D eigenvalue weighted by atomic mass is 10.00. The molecule has 1 aromatic rings. The summed E-state index contributed by atoms with van der Waals surface area (Å²) in [4.78, 5) is 10.7. The van der Waals surface area contributed by atoms with Crippen molar-refractivity contribution in [2.24, 2.45) is 5.92 Å². The first-order valence-corrected chi connectivity index (χ1v) is 5.39. The Bertz CT molecular complexity index is 359. The van der Waals surface area contributed by atoms with Crippen LogP contribution >= 0.6 is 0 Å². The summed E-state index contributed by atoms with van der Waals surface area (Å²) < 4.78 is 1.94. The van der Waals surface area contributed by atoms with Crippen molar-refractivity contribution in [3.63, 3.8) is 0 Å². The molecule has 1 aliphatic carbocycles. The number of carboxylic acid groups (broad SMARTS) is 1. The van der Waals surface area contributed by atoms with Crippen LogP contribution in [0.2, 0.25) is 0 Å². The van der Waals surface area contributed by atoms with Crippen molar-refractivity contribution < 1.29 is 9.90 Å². The van der Waals surface area contributed by atoms with Crippen molar-refractivity contribution in [2.75, 3.05) is 0 Å². The Hall–Kier alpha value is -1.32. The summed E-state index contributed by atoms with van der Waals surface area (Å²) in [7, 11) is 0. The van der Waals surface area contributed by atoms with Gasteiger partial charge in [0.25, 0.3) is 0 Å². The van der Waals surface area contributed by atoms with Gasteiger partial charge in [-0.15, -0.1) is 0 Å². The standard InChI is InChI=1S/C11H16N2O2/c1-8-6-12-13(7-8)10-4-2-3-9(10)5-11(14)15/h6-7,9-10H,2-5H2,1H3,(H,14,15). The maximum absolute atomic E-state index is 10.7. The van der Waals surface area contributed by atoms with Crippen LogP contribution in [0.15, 0.2) is 12.4 Å². The van der Waals surface area contributed by atoms with Gasteiger partial charge in [0.2, 0.25) is 0 Å². The molecule has 15 heavy (non-hydrogen) atoms. The van der Waals surface area contributed by atoms with Crippen LogP contribution < -0.4 is 0 Å². The van der Waals surface area contributed by atoms with Gasteiger partial charge in [-0.1, -0.05) is 6.42 Å². The van der Waals surface area contributed by atoms with Gasteiger partial charge < -0.3 is 5.11 Å². The number of aliphatic carboxylic acids is 1. The van der Waals surface area contributed by atoms with E-state index in [4.69, 9.17) is 5.11 Å². The first-order valence-electron chi connectivity index (χ1n) is 5.39. The van der Waals surface area contributed by atoms with Gasteiger partial charge >= 0.3 is 5.97 Å². The van der Waals surface area contributed by atoms with E-state index in [-0.39, 0.29) is 18.4 Å². The molecular weight excluding hydrogens is 192 g/mol. The van der Waals surface area contributed by atoms with Crippen molar-refractivity contribution in [1.82, 2.24) is 9.78 Å². The SMILES string of the molecule is Cc1cnn(C2CCCC2CC(=O)O)c1. The monoisotopic (exact) mass is 208 g/mol. The summed E-state index contributed by atoms with van der Waals surface area (Å²) in [5, 5.41) is 13.1. The first-order chi connectivity index (χ1) is 7.16. The maximum Gasteiger partial charge on any atom is 0.303 e. The number of aryl methyl sites for hydroxylation is 1. The molecule has 4 heteroatoms. The predicted molar refractivity (Wildman–Crippen MR) is 55.6 cm³/mol. The Balaban J connectivity index is 2.10. The van der Waals surface area contributed by atoms with Gasteiger partial charge in [0.1, 0.15) is 0 Å². The van der Waals surface area contributed by atoms with Crippen molar-refractivity contribution in [1.29, 1.82) is 0 Å². The normalized spacial score (nSPS) is 25.7. The largest absolute Gasteiger partial charge is 0.481 e. The molecule has 0 spiro atoms. The minimum absolute atomic E-state index is 0.252. The zero-order chi connectivity index (χ0) is 10.8. The second kappa shape index (κ2) is 4.04. The van der Waals surface area contributed by atoms with E-state index in [0.717, 1.165) is 24.8 Å². The van der Waals surface area contributed by atoms with Crippen LogP contribution in [-0.2, 0) is 4.79 Å². The number of carboxylic acids is 1. The average Bonchev–Trinajstić information content (AvgIpc) is 2.72. The highest BCUT2D eigenvalue weighted by Gasteiger charge is 2.30. The number of nitrogens with zero attached hydrogens (tertiary/aromatic N) is 2. The summed E-state index contributed by atoms with van der Waals surface area (Å²) >= 11 is 0. The molecule has 0 saturated heterocycles. The zero-order valence-electron chi connectivity index (χ0n) is 8.89. The fourth-order valence-corrected chi connectivity index (χ4v) is 2.44. The maximum atomic E-state index is 10.7. The van der Waals surface area contributed by atoms with Gasteiger partial charge in [-0.05, 0) is 31.2 Å². The molecule has 2 rings (SSSR count). The number of carbonyl (C=O) groups is 1. The number of rotatable bonds is 3. The van der Waals surface area contributed by atoms with E-state index in [1.54, 1.807) is 0 Å². The molecule has 1 aliphatic rings. The molecule has 0 aliphatic heterocycles. The molecule has 0 aromatic carbocycles. The van der Waals surface area contributed by atoms with Crippen molar-refractivity contribution in [3.8, 4) is 0 Å². The fraction of sp³-hybridized carbons (Fsp3) is 0.636. The van der Waals surface area contributed by atoms with E-state index in [9.17, 15) is 4.79 Å². The third-order valence-corrected chi connectivity index (χ3v) is 3.13. The van der Waals surface area contributed by atoms with E-state index < -0.39 is 5.97 Å². The van der Waals surface area contributed by atoms with E-state index >= 15 is 0 Å². The molecule has 1 heterocycles. The Morgan fingerprint density at radius 3 is 3.07 bits per heavy atom. The smallest absolute Gasteiger partial charge is 0.303 e. The van der Waals surface area contributed by atoms with Gasteiger partial charge in [0, 0.05) is 6.20 Å². The Morgan fingerprint density at radius 1 is 1.67 bits per heavy atom. The highest BCUT2D eigenvalue weighted by molar-refractivity contribution is 5.67. The minimum Gasteiger partial charge on any atom is -0.481 e. The van der Waals surface area contributed by atoms with Crippen molar-refractivity contribution in [2.45, 2.75) is 38.6 Å². The lowest BCUT2D eigenvalue weighted by molar-refractivity contribution is -0.138. The van der Waals surface area contributed by atoms with Crippen molar-refractivity contribution in [3.05, 3.63) is 18.0 Å². The van der Waals surface area contributed by atoms with Crippen LogP contribution in [0.4, 0.5) is 0 Å². The average molecular weight is 208 g/mol. The third-order valence-electron chi connectivity index (χ3n) is 3.13. The topological polar surface area (TPSA) is 55.1 Å². The summed E-state index contributed by atoms with van der Waals surface area (Å²) in [5.74, 6) is -0.447. The Kier molecular flexibility index (Phi) is 2.75. The zero-order valence-corrected chi connectivity index (χ0v) is 8.89. The van der Waals surface area contributed by atoms with E-state index in [1.807, 2.05) is 24.0 Å². The highest BCUT2D eigenvalue weighted by atomic mass is 16.4. The van der Waals surface area contributed by atoms with E-state index in [0.29, 0.717) is 0 Å². The van der Waals surface area contributed by atoms with Crippen molar-refractivity contribution >= 4 is 5.97 Å². The summed E-state index contributed by atoms with van der Waals surface area (Å²) in [6, 6.07) is 0.287.